The first-order valence-corrected chi connectivity index (χ1v) is 7.41. The fourth-order valence-corrected chi connectivity index (χ4v) is 2.23. The predicted molar refractivity (Wildman–Crippen MR) is 84.8 cm³/mol. The van der Waals surface area contributed by atoms with Crippen molar-refractivity contribution >= 4 is 33.3 Å². The van der Waals surface area contributed by atoms with Crippen molar-refractivity contribution in [2.24, 2.45) is 0 Å². The molecule has 0 aromatic heterocycles. The third kappa shape index (κ3) is 3.41. The van der Waals surface area contributed by atoms with Gasteiger partial charge in [0.2, 0.25) is 0 Å². The zero-order valence-corrected chi connectivity index (χ0v) is 13.5. The number of carbonyl (C=O) groups excluding carboxylic acids is 1. The molecule has 0 saturated heterocycles. The van der Waals surface area contributed by atoms with Crippen molar-refractivity contribution in [3.8, 4) is 5.75 Å². The van der Waals surface area contributed by atoms with Crippen LogP contribution in [0.3, 0.4) is 0 Å². The maximum Gasteiger partial charge on any atom is 0.196 e. The first-order valence-electron chi connectivity index (χ1n) is 6.24. The summed E-state index contributed by atoms with van der Waals surface area (Å²) in [7, 11) is 0. The van der Waals surface area contributed by atoms with Crippen molar-refractivity contribution in [1.82, 2.24) is 0 Å². The average molecular weight is 354 g/mol. The molecule has 0 fully saturated rings. The van der Waals surface area contributed by atoms with Crippen molar-refractivity contribution < 1.29 is 9.53 Å². The van der Waals surface area contributed by atoms with Gasteiger partial charge in [-0.05, 0) is 60.1 Å². The van der Waals surface area contributed by atoms with Gasteiger partial charge in [-0.25, -0.2) is 0 Å². The van der Waals surface area contributed by atoms with Gasteiger partial charge in [-0.1, -0.05) is 23.7 Å². The molecule has 2 aromatic rings. The molecule has 0 heterocycles. The monoisotopic (exact) mass is 352 g/mol. The van der Waals surface area contributed by atoms with Crippen LogP contribution in [0.5, 0.6) is 5.75 Å². The second-order valence-corrected chi connectivity index (χ2v) is 5.88. The number of ether oxygens (including phenoxy) is 1. The molecule has 0 aliphatic carbocycles. The Morgan fingerprint density at radius 2 is 1.90 bits per heavy atom. The Balaban J connectivity index is 2.40. The van der Waals surface area contributed by atoms with Crippen molar-refractivity contribution in [3.05, 3.63) is 63.1 Å². The Labute approximate surface area is 131 Å². The van der Waals surface area contributed by atoms with Crippen molar-refractivity contribution in [3.63, 3.8) is 0 Å². The molecule has 0 spiro atoms. The standard InChI is InChI=1S/C16H14BrClO2/c1-10(2)20-15-6-4-3-5-12(15)16(19)11-7-8-13(17)14(18)9-11/h3-10H,1-2H3. The number of ketones is 1. The van der Waals surface area contributed by atoms with Crippen LogP contribution < -0.4 is 4.74 Å². The highest BCUT2D eigenvalue weighted by Gasteiger charge is 2.16. The fraction of sp³-hybridized carbons (Fsp3) is 0.188. The molecule has 0 unspecified atom stereocenters. The summed E-state index contributed by atoms with van der Waals surface area (Å²) in [6.07, 6.45) is 0.0115. The molecular weight excluding hydrogens is 340 g/mol. The number of rotatable bonds is 4. The second-order valence-electron chi connectivity index (χ2n) is 4.62. The van der Waals surface area contributed by atoms with Crippen LogP contribution >= 0.6 is 27.5 Å². The molecule has 0 radical (unpaired) electrons. The van der Waals surface area contributed by atoms with Crippen LogP contribution in [-0.4, -0.2) is 11.9 Å². The van der Waals surface area contributed by atoms with E-state index < -0.39 is 0 Å². The highest BCUT2D eigenvalue weighted by molar-refractivity contribution is 9.10. The van der Waals surface area contributed by atoms with Crippen LogP contribution in [0.2, 0.25) is 5.02 Å². The second kappa shape index (κ2) is 6.42. The SMILES string of the molecule is CC(C)Oc1ccccc1C(=O)c1ccc(Br)c(Cl)c1. The van der Waals surface area contributed by atoms with Crippen LogP contribution in [0.15, 0.2) is 46.9 Å². The summed E-state index contributed by atoms with van der Waals surface area (Å²) in [6, 6.07) is 12.4. The minimum absolute atomic E-state index is 0.0115. The van der Waals surface area contributed by atoms with Gasteiger partial charge >= 0.3 is 0 Å². The molecule has 0 aliphatic heterocycles. The van der Waals surface area contributed by atoms with E-state index in [1.54, 1.807) is 30.3 Å². The molecule has 104 valence electrons. The predicted octanol–water partition coefficient (Wildman–Crippen LogP) is 5.12. The van der Waals surface area contributed by atoms with E-state index in [0.717, 1.165) is 4.47 Å². The highest BCUT2D eigenvalue weighted by atomic mass is 79.9. The molecule has 0 saturated carbocycles. The normalized spacial score (nSPS) is 10.7. The van der Waals surface area contributed by atoms with Gasteiger partial charge in [0.1, 0.15) is 5.75 Å². The molecule has 0 aliphatic rings. The van der Waals surface area contributed by atoms with Gasteiger partial charge in [-0.2, -0.15) is 0 Å². The zero-order valence-electron chi connectivity index (χ0n) is 11.2. The van der Waals surface area contributed by atoms with E-state index in [1.807, 2.05) is 26.0 Å². The van der Waals surface area contributed by atoms with Gasteiger partial charge in [-0.15, -0.1) is 0 Å². The Morgan fingerprint density at radius 1 is 1.20 bits per heavy atom. The highest BCUT2D eigenvalue weighted by Crippen LogP contribution is 2.27. The van der Waals surface area contributed by atoms with E-state index in [0.29, 0.717) is 21.9 Å². The number of benzene rings is 2. The Bertz CT molecular complexity index is 638. The lowest BCUT2D eigenvalue weighted by molar-refractivity contribution is 0.103. The number of hydrogen-bond donors (Lipinski definition) is 0. The third-order valence-corrected chi connectivity index (χ3v) is 3.91. The Kier molecular flexibility index (Phi) is 4.84. The van der Waals surface area contributed by atoms with Gasteiger partial charge in [-0.3, -0.25) is 4.79 Å². The van der Waals surface area contributed by atoms with E-state index in [-0.39, 0.29) is 11.9 Å². The lowest BCUT2D eigenvalue weighted by Gasteiger charge is -2.13. The van der Waals surface area contributed by atoms with E-state index >= 15 is 0 Å². The van der Waals surface area contributed by atoms with Crippen LogP contribution in [0.4, 0.5) is 0 Å². The number of para-hydroxylation sites is 1. The lowest BCUT2D eigenvalue weighted by Crippen LogP contribution is -2.10. The summed E-state index contributed by atoms with van der Waals surface area (Å²) >= 11 is 9.35. The number of halogens is 2. The smallest absolute Gasteiger partial charge is 0.196 e. The van der Waals surface area contributed by atoms with Crippen molar-refractivity contribution in [2.75, 3.05) is 0 Å². The fourth-order valence-electron chi connectivity index (χ4n) is 1.80. The molecule has 0 atom stereocenters. The summed E-state index contributed by atoms with van der Waals surface area (Å²) in [5, 5.41) is 0.512. The van der Waals surface area contributed by atoms with E-state index in [1.165, 1.54) is 0 Å². The quantitative estimate of drug-likeness (QED) is 0.713. The van der Waals surface area contributed by atoms with E-state index in [9.17, 15) is 4.79 Å². The molecular formula is C16H14BrClO2. The molecule has 20 heavy (non-hydrogen) atoms. The molecule has 4 heteroatoms. The van der Waals surface area contributed by atoms with Crippen LogP contribution in [0, 0.1) is 0 Å². The van der Waals surface area contributed by atoms with E-state index in [2.05, 4.69) is 15.9 Å². The largest absolute Gasteiger partial charge is 0.490 e. The summed E-state index contributed by atoms with van der Waals surface area (Å²) < 4.78 is 6.44. The van der Waals surface area contributed by atoms with Gasteiger partial charge in [0.15, 0.2) is 5.78 Å². The third-order valence-electron chi connectivity index (χ3n) is 2.68. The van der Waals surface area contributed by atoms with E-state index in [4.69, 9.17) is 16.3 Å². The van der Waals surface area contributed by atoms with Crippen LogP contribution in [-0.2, 0) is 0 Å². The minimum atomic E-state index is -0.101. The first-order chi connectivity index (χ1) is 9.49. The van der Waals surface area contributed by atoms with Gasteiger partial charge < -0.3 is 4.74 Å². The summed E-state index contributed by atoms with van der Waals surface area (Å²) in [5.74, 6) is 0.488. The van der Waals surface area contributed by atoms with Crippen LogP contribution in [0.1, 0.15) is 29.8 Å². The molecule has 2 rings (SSSR count). The van der Waals surface area contributed by atoms with Gasteiger partial charge in [0, 0.05) is 10.0 Å². The van der Waals surface area contributed by atoms with Crippen molar-refractivity contribution in [1.29, 1.82) is 0 Å². The summed E-state index contributed by atoms with van der Waals surface area (Å²) in [5.41, 5.74) is 1.08. The molecule has 0 bridgehead atoms. The topological polar surface area (TPSA) is 26.3 Å². The first kappa shape index (κ1) is 15.1. The maximum absolute atomic E-state index is 12.6. The van der Waals surface area contributed by atoms with Crippen LogP contribution in [0.25, 0.3) is 0 Å². The minimum Gasteiger partial charge on any atom is -0.490 e. The molecule has 2 aromatic carbocycles. The number of carbonyl (C=O) groups is 1. The molecule has 2 nitrogen and oxygen atoms in total. The maximum atomic E-state index is 12.6. The Morgan fingerprint density at radius 3 is 2.55 bits per heavy atom. The zero-order chi connectivity index (χ0) is 14.7. The summed E-state index contributed by atoms with van der Waals surface area (Å²) in [6.45, 7) is 3.86. The van der Waals surface area contributed by atoms with Crippen molar-refractivity contribution in [2.45, 2.75) is 20.0 Å². The Hall–Kier alpha value is -1.32. The molecule has 0 amide bonds. The van der Waals surface area contributed by atoms with Gasteiger partial charge in [0.05, 0.1) is 16.7 Å². The van der Waals surface area contributed by atoms with Gasteiger partial charge in [0.25, 0.3) is 0 Å². The summed E-state index contributed by atoms with van der Waals surface area (Å²) in [4.78, 5) is 12.6. The number of hydrogen-bond acceptors (Lipinski definition) is 2. The molecule has 0 N–H and O–H groups in total. The lowest BCUT2D eigenvalue weighted by atomic mass is 10.0. The average Bonchev–Trinajstić information content (AvgIpc) is 2.41.